The van der Waals surface area contributed by atoms with Gasteiger partial charge in [-0.2, -0.15) is 0 Å². The van der Waals surface area contributed by atoms with Crippen LogP contribution < -0.4 is 4.74 Å². The third-order valence-electron chi connectivity index (χ3n) is 5.96. The quantitative estimate of drug-likeness (QED) is 0.236. The number of hydrogen-bond acceptors (Lipinski definition) is 1. The Morgan fingerprint density at radius 2 is 1.32 bits per heavy atom. The molecule has 0 radical (unpaired) electrons. The maximum atomic E-state index is 15.2. The van der Waals surface area contributed by atoms with E-state index in [2.05, 4.69) is 35.9 Å². The van der Waals surface area contributed by atoms with Crippen LogP contribution in [0.4, 0.5) is 17.6 Å². The van der Waals surface area contributed by atoms with Crippen molar-refractivity contribution in [3.8, 4) is 16.9 Å². The van der Waals surface area contributed by atoms with E-state index in [1.807, 2.05) is 18.2 Å². The molecule has 0 heterocycles. The van der Waals surface area contributed by atoms with Gasteiger partial charge < -0.3 is 4.74 Å². The first kappa shape index (κ1) is 23.8. The molecule has 4 rings (SSSR count). The summed E-state index contributed by atoms with van der Waals surface area (Å²) in [6, 6.07) is 23.2. The van der Waals surface area contributed by atoms with Crippen LogP contribution in [0.25, 0.3) is 21.9 Å². The highest BCUT2D eigenvalue weighted by atomic mass is 19.4. The molecule has 0 aliphatic rings. The van der Waals surface area contributed by atoms with E-state index in [-0.39, 0.29) is 5.75 Å². The van der Waals surface area contributed by atoms with Gasteiger partial charge in [-0.15, -0.1) is 13.2 Å². The summed E-state index contributed by atoms with van der Waals surface area (Å²) in [5.41, 5.74) is 4.59. The molecule has 34 heavy (non-hydrogen) atoms. The average Bonchev–Trinajstić information content (AvgIpc) is 2.82. The van der Waals surface area contributed by atoms with E-state index in [9.17, 15) is 13.2 Å². The van der Waals surface area contributed by atoms with Gasteiger partial charge in [0.15, 0.2) is 0 Å². The summed E-state index contributed by atoms with van der Waals surface area (Å²) >= 11 is 0. The zero-order valence-electron chi connectivity index (χ0n) is 19.0. The maximum Gasteiger partial charge on any atom is 0.573 e. The van der Waals surface area contributed by atoms with Gasteiger partial charge in [0.2, 0.25) is 0 Å². The van der Waals surface area contributed by atoms with Crippen molar-refractivity contribution in [2.75, 3.05) is 0 Å². The summed E-state index contributed by atoms with van der Waals surface area (Å²) in [7, 11) is 0. The topological polar surface area (TPSA) is 9.23 Å². The molecule has 0 N–H and O–H groups in total. The Balaban J connectivity index is 1.47. The third-order valence-corrected chi connectivity index (χ3v) is 5.96. The Kier molecular flexibility index (Phi) is 7.20. The molecule has 5 heteroatoms. The molecule has 0 aliphatic heterocycles. The predicted octanol–water partition coefficient (Wildman–Crippen LogP) is 8.67. The van der Waals surface area contributed by atoms with Gasteiger partial charge in [-0.05, 0) is 65.5 Å². The molecule has 0 saturated heterocycles. The average molecular weight is 467 g/mol. The first-order valence-electron chi connectivity index (χ1n) is 11.5. The minimum Gasteiger partial charge on any atom is -0.406 e. The fraction of sp³-hybridized carbons (Fsp3) is 0.241. The molecule has 0 aliphatic carbocycles. The van der Waals surface area contributed by atoms with E-state index in [0.717, 1.165) is 30.2 Å². The van der Waals surface area contributed by atoms with E-state index >= 15 is 4.39 Å². The lowest BCUT2D eigenvalue weighted by Gasteiger charge is -2.11. The minimum absolute atomic E-state index is 0.335. The Morgan fingerprint density at radius 1 is 0.706 bits per heavy atom. The molecular weight excluding hydrogens is 440 g/mol. The number of aryl methyl sites for hydroxylation is 3. The van der Waals surface area contributed by atoms with Crippen LogP contribution >= 0.6 is 0 Å². The van der Waals surface area contributed by atoms with Crippen molar-refractivity contribution < 1.29 is 22.3 Å². The highest BCUT2D eigenvalue weighted by Crippen LogP contribution is 2.32. The smallest absolute Gasteiger partial charge is 0.406 e. The van der Waals surface area contributed by atoms with E-state index < -0.39 is 12.2 Å². The summed E-state index contributed by atoms with van der Waals surface area (Å²) in [5, 5.41) is 1.28. The van der Waals surface area contributed by atoms with Gasteiger partial charge in [0.05, 0.1) is 0 Å². The van der Waals surface area contributed by atoms with Gasteiger partial charge in [-0.25, -0.2) is 4.39 Å². The number of hydrogen-bond donors (Lipinski definition) is 0. The van der Waals surface area contributed by atoms with Crippen LogP contribution in [0.2, 0.25) is 0 Å². The number of benzene rings is 4. The standard InChI is InChI=1S/C29H26F4O/c1-2-3-4-20-5-7-21(8-6-20)9-10-22-11-17-27-24(19-22)14-18-26(28(27)30)23-12-15-25(16-13-23)34-29(31,32)33/h5-8,11-19H,2-4,9-10H2,1H3. The van der Waals surface area contributed by atoms with Crippen molar-refractivity contribution >= 4 is 10.8 Å². The summed E-state index contributed by atoms with van der Waals surface area (Å²) in [6.07, 6.45) is 0.508. The highest BCUT2D eigenvalue weighted by Gasteiger charge is 2.31. The molecule has 0 bridgehead atoms. The van der Waals surface area contributed by atoms with Gasteiger partial charge in [0.25, 0.3) is 0 Å². The number of rotatable bonds is 8. The molecule has 0 amide bonds. The molecular formula is C29H26F4O. The van der Waals surface area contributed by atoms with Crippen molar-refractivity contribution in [2.24, 2.45) is 0 Å². The second-order valence-corrected chi connectivity index (χ2v) is 8.47. The van der Waals surface area contributed by atoms with Gasteiger partial charge in [0.1, 0.15) is 11.6 Å². The number of alkyl halides is 3. The number of fused-ring (bicyclic) bond motifs is 1. The summed E-state index contributed by atoms with van der Waals surface area (Å²) in [5.74, 6) is -0.728. The Morgan fingerprint density at radius 3 is 1.97 bits per heavy atom. The molecule has 0 atom stereocenters. The molecule has 0 fully saturated rings. The summed E-state index contributed by atoms with van der Waals surface area (Å²) in [4.78, 5) is 0. The number of halogens is 4. The zero-order valence-corrected chi connectivity index (χ0v) is 19.0. The molecule has 1 nitrogen and oxygen atoms in total. The minimum atomic E-state index is -4.76. The second kappa shape index (κ2) is 10.3. The zero-order chi connectivity index (χ0) is 24.1. The van der Waals surface area contributed by atoms with Crippen molar-refractivity contribution in [2.45, 2.75) is 45.4 Å². The van der Waals surface area contributed by atoms with Crippen LogP contribution in [-0.2, 0) is 19.3 Å². The summed E-state index contributed by atoms with van der Waals surface area (Å²) < 4.78 is 56.2. The molecule has 0 aromatic heterocycles. The van der Waals surface area contributed by atoms with Crippen molar-refractivity contribution in [1.82, 2.24) is 0 Å². The van der Waals surface area contributed by atoms with Crippen LogP contribution in [0.1, 0.15) is 36.5 Å². The normalized spacial score (nSPS) is 11.7. The van der Waals surface area contributed by atoms with Crippen molar-refractivity contribution in [3.63, 3.8) is 0 Å². The molecule has 0 unspecified atom stereocenters. The first-order chi connectivity index (χ1) is 16.3. The fourth-order valence-electron chi connectivity index (χ4n) is 4.10. The predicted molar refractivity (Wildman–Crippen MR) is 128 cm³/mol. The fourth-order valence-corrected chi connectivity index (χ4v) is 4.10. The van der Waals surface area contributed by atoms with Crippen molar-refractivity contribution in [3.05, 3.63) is 101 Å². The van der Waals surface area contributed by atoms with Crippen LogP contribution in [0.5, 0.6) is 5.75 Å². The maximum absolute atomic E-state index is 15.2. The van der Waals surface area contributed by atoms with Gasteiger partial charge in [-0.3, -0.25) is 0 Å². The van der Waals surface area contributed by atoms with Gasteiger partial charge in [0, 0.05) is 10.9 Å². The van der Waals surface area contributed by atoms with E-state index in [4.69, 9.17) is 0 Å². The molecule has 4 aromatic carbocycles. The lowest BCUT2D eigenvalue weighted by Crippen LogP contribution is -2.16. The first-order valence-corrected chi connectivity index (χ1v) is 11.5. The largest absolute Gasteiger partial charge is 0.573 e. The van der Waals surface area contributed by atoms with Gasteiger partial charge >= 0.3 is 6.36 Å². The van der Waals surface area contributed by atoms with Crippen LogP contribution in [0.3, 0.4) is 0 Å². The van der Waals surface area contributed by atoms with E-state index in [0.29, 0.717) is 16.5 Å². The number of ether oxygens (including phenoxy) is 1. The second-order valence-electron chi connectivity index (χ2n) is 8.47. The Bertz CT molecular complexity index is 1240. The van der Waals surface area contributed by atoms with E-state index in [1.54, 1.807) is 12.1 Å². The lowest BCUT2D eigenvalue weighted by molar-refractivity contribution is -0.274. The SMILES string of the molecule is CCCCc1ccc(CCc2ccc3c(F)c(-c4ccc(OC(F)(F)F)cc4)ccc3c2)cc1. The lowest BCUT2D eigenvalue weighted by atomic mass is 9.97. The Labute approximate surface area is 197 Å². The van der Waals surface area contributed by atoms with Crippen LogP contribution in [0, 0.1) is 5.82 Å². The number of unbranched alkanes of at least 4 members (excludes halogenated alkanes) is 1. The van der Waals surface area contributed by atoms with E-state index in [1.165, 1.54) is 48.2 Å². The van der Waals surface area contributed by atoms with Gasteiger partial charge in [-0.1, -0.05) is 80.1 Å². The molecule has 0 saturated carbocycles. The van der Waals surface area contributed by atoms with Crippen molar-refractivity contribution in [1.29, 1.82) is 0 Å². The van der Waals surface area contributed by atoms with Crippen LogP contribution in [-0.4, -0.2) is 6.36 Å². The molecule has 4 aromatic rings. The third kappa shape index (κ3) is 5.96. The highest BCUT2D eigenvalue weighted by molar-refractivity contribution is 5.88. The monoisotopic (exact) mass is 466 g/mol. The summed E-state index contributed by atoms with van der Waals surface area (Å²) in [6.45, 7) is 2.19. The molecule has 0 spiro atoms. The molecule has 176 valence electrons. The van der Waals surface area contributed by atoms with Crippen LogP contribution in [0.15, 0.2) is 78.9 Å². The Hall–Kier alpha value is -3.34.